The number of rotatable bonds is 6. The van der Waals surface area contributed by atoms with Gasteiger partial charge in [0.2, 0.25) is 0 Å². The molecule has 0 aliphatic heterocycles. The molecule has 0 heterocycles. The van der Waals surface area contributed by atoms with Crippen molar-refractivity contribution in [1.82, 2.24) is 0 Å². The van der Waals surface area contributed by atoms with Gasteiger partial charge >= 0.3 is 6.09 Å². The number of hydroxylamine groups is 1. The number of benzene rings is 2. The molecule has 2 aromatic carbocycles. The van der Waals surface area contributed by atoms with Crippen LogP contribution in [0.3, 0.4) is 0 Å². The topological polar surface area (TPSA) is 59.0 Å². The number of hydrogen-bond donors (Lipinski definition) is 1. The van der Waals surface area contributed by atoms with Crippen molar-refractivity contribution < 1.29 is 28.3 Å². The first kappa shape index (κ1) is 19.7. The average molecular weight is 365 g/mol. The number of alkyl halides is 2. The quantitative estimate of drug-likeness (QED) is 0.576. The predicted molar refractivity (Wildman–Crippen MR) is 93.0 cm³/mol. The number of hydrogen-bond acceptors (Lipinski definition) is 4. The van der Waals surface area contributed by atoms with E-state index in [0.717, 1.165) is 30.7 Å². The Morgan fingerprint density at radius 1 is 1.23 bits per heavy atom. The van der Waals surface area contributed by atoms with E-state index in [0.29, 0.717) is 5.75 Å². The predicted octanol–water partition coefficient (Wildman–Crippen LogP) is 5.04. The molecule has 0 aromatic heterocycles. The fourth-order valence-electron chi connectivity index (χ4n) is 2.50. The van der Waals surface area contributed by atoms with Crippen molar-refractivity contribution >= 4 is 11.8 Å². The summed E-state index contributed by atoms with van der Waals surface area (Å²) in [7, 11) is 1.11. The summed E-state index contributed by atoms with van der Waals surface area (Å²) >= 11 is 0. The molecule has 0 aliphatic carbocycles. The SMILES string of the molecule is CCc1ccc(OCc2cc(C(F)F)ccc2N(O)C(=O)OC)c(C)c1. The van der Waals surface area contributed by atoms with Gasteiger partial charge < -0.3 is 9.47 Å². The van der Waals surface area contributed by atoms with E-state index in [1.165, 1.54) is 12.1 Å². The van der Waals surface area contributed by atoms with Crippen molar-refractivity contribution in [2.24, 2.45) is 0 Å². The van der Waals surface area contributed by atoms with Crippen molar-refractivity contribution in [3.63, 3.8) is 0 Å². The van der Waals surface area contributed by atoms with E-state index in [9.17, 15) is 18.8 Å². The largest absolute Gasteiger partial charge is 0.489 e. The van der Waals surface area contributed by atoms with Gasteiger partial charge in [-0.05, 0) is 42.7 Å². The zero-order valence-corrected chi connectivity index (χ0v) is 14.8. The number of carbonyl (C=O) groups is 1. The van der Waals surface area contributed by atoms with Crippen LogP contribution in [-0.2, 0) is 17.8 Å². The number of amides is 1. The van der Waals surface area contributed by atoms with Crippen molar-refractivity contribution in [2.45, 2.75) is 33.3 Å². The molecule has 0 unspecified atom stereocenters. The molecule has 0 aliphatic rings. The standard InChI is InChI=1S/C19H21F2NO4/c1-4-13-5-8-17(12(2)9-13)26-11-15-10-14(18(20)21)6-7-16(15)22(24)19(23)25-3/h5-10,18,24H,4,11H2,1-3H3. The molecule has 0 saturated heterocycles. The lowest BCUT2D eigenvalue weighted by atomic mass is 10.1. The zero-order chi connectivity index (χ0) is 19.3. The summed E-state index contributed by atoms with van der Waals surface area (Å²) in [5.74, 6) is 0.596. The molecule has 26 heavy (non-hydrogen) atoms. The first-order valence-corrected chi connectivity index (χ1v) is 8.07. The molecule has 1 N–H and O–H groups in total. The van der Waals surface area contributed by atoms with Crippen LogP contribution >= 0.6 is 0 Å². The Balaban J connectivity index is 2.30. The van der Waals surface area contributed by atoms with Crippen LogP contribution in [0.25, 0.3) is 0 Å². The third-order valence-corrected chi connectivity index (χ3v) is 3.96. The Bertz CT molecular complexity index is 780. The summed E-state index contributed by atoms with van der Waals surface area (Å²) in [5, 5.41) is 10.2. The lowest BCUT2D eigenvalue weighted by Gasteiger charge is -2.19. The van der Waals surface area contributed by atoms with Crippen LogP contribution in [0.5, 0.6) is 5.75 Å². The molecule has 2 aromatic rings. The van der Waals surface area contributed by atoms with Crippen molar-refractivity contribution in [3.05, 3.63) is 58.7 Å². The number of anilines is 1. The van der Waals surface area contributed by atoms with Gasteiger partial charge in [-0.1, -0.05) is 25.1 Å². The van der Waals surface area contributed by atoms with Gasteiger partial charge in [-0.2, -0.15) is 5.06 Å². The smallest absolute Gasteiger partial charge is 0.438 e. The van der Waals surface area contributed by atoms with Gasteiger partial charge in [-0.25, -0.2) is 13.6 Å². The maximum absolute atomic E-state index is 13.0. The summed E-state index contributed by atoms with van der Waals surface area (Å²) in [6.45, 7) is 3.83. The van der Waals surface area contributed by atoms with Crippen LogP contribution in [0, 0.1) is 6.92 Å². The van der Waals surface area contributed by atoms with Gasteiger partial charge in [-0.15, -0.1) is 0 Å². The van der Waals surface area contributed by atoms with Crippen molar-refractivity contribution in [3.8, 4) is 5.75 Å². The Morgan fingerprint density at radius 3 is 2.54 bits per heavy atom. The van der Waals surface area contributed by atoms with Crippen molar-refractivity contribution in [1.29, 1.82) is 0 Å². The molecule has 0 atom stereocenters. The minimum Gasteiger partial charge on any atom is -0.489 e. The Labute approximate surface area is 150 Å². The van der Waals surface area contributed by atoms with Crippen LogP contribution in [0.4, 0.5) is 19.3 Å². The minimum absolute atomic E-state index is 0.0177. The van der Waals surface area contributed by atoms with Crippen LogP contribution in [0.1, 0.15) is 35.6 Å². The number of ether oxygens (including phenoxy) is 2. The highest BCUT2D eigenvalue weighted by Crippen LogP contribution is 2.29. The van der Waals surface area contributed by atoms with Crippen LogP contribution < -0.4 is 9.80 Å². The number of aryl methyl sites for hydroxylation is 2. The van der Waals surface area contributed by atoms with E-state index >= 15 is 0 Å². The lowest BCUT2D eigenvalue weighted by Crippen LogP contribution is -2.28. The summed E-state index contributed by atoms with van der Waals surface area (Å²) in [6, 6.07) is 9.27. The van der Waals surface area contributed by atoms with E-state index in [1.807, 2.05) is 32.0 Å². The molecule has 2 rings (SSSR count). The molecule has 0 saturated carbocycles. The third kappa shape index (κ3) is 4.49. The summed E-state index contributed by atoms with van der Waals surface area (Å²) in [5.41, 5.74) is 2.08. The number of nitrogens with zero attached hydrogens (tertiary/aromatic N) is 1. The van der Waals surface area contributed by atoms with Crippen LogP contribution in [0.15, 0.2) is 36.4 Å². The molecule has 140 valence electrons. The van der Waals surface area contributed by atoms with E-state index in [1.54, 1.807) is 0 Å². The summed E-state index contributed by atoms with van der Waals surface area (Å²) in [6.07, 6.45) is -2.82. The maximum Gasteiger partial charge on any atom is 0.438 e. The zero-order valence-electron chi connectivity index (χ0n) is 14.8. The van der Waals surface area contributed by atoms with Gasteiger partial charge in [0.25, 0.3) is 6.43 Å². The highest BCUT2D eigenvalue weighted by molar-refractivity contribution is 5.85. The molecular formula is C19H21F2NO4. The Hall–Kier alpha value is -2.67. The second-order valence-electron chi connectivity index (χ2n) is 5.71. The molecule has 0 fully saturated rings. The van der Waals surface area contributed by atoms with E-state index < -0.39 is 12.5 Å². The van der Waals surface area contributed by atoms with Crippen LogP contribution in [-0.4, -0.2) is 18.4 Å². The van der Waals surface area contributed by atoms with Gasteiger partial charge in [0, 0.05) is 11.1 Å². The second-order valence-corrected chi connectivity index (χ2v) is 5.71. The molecule has 0 bridgehead atoms. The van der Waals surface area contributed by atoms with Gasteiger partial charge in [0.1, 0.15) is 12.4 Å². The monoisotopic (exact) mass is 365 g/mol. The molecule has 0 radical (unpaired) electrons. The maximum atomic E-state index is 13.0. The molecule has 1 amide bonds. The first-order valence-electron chi connectivity index (χ1n) is 8.07. The van der Waals surface area contributed by atoms with Gasteiger partial charge in [0.15, 0.2) is 0 Å². The van der Waals surface area contributed by atoms with E-state index in [-0.39, 0.29) is 28.5 Å². The fraction of sp³-hybridized carbons (Fsp3) is 0.316. The Kier molecular flexibility index (Phi) is 6.52. The fourth-order valence-corrected chi connectivity index (χ4v) is 2.50. The molecular weight excluding hydrogens is 344 g/mol. The van der Waals surface area contributed by atoms with E-state index in [2.05, 4.69) is 4.74 Å². The number of carbonyl (C=O) groups excluding carboxylic acids is 1. The molecule has 5 nitrogen and oxygen atoms in total. The average Bonchev–Trinajstić information content (AvgIpc) is 2.65. The highest BCUT2D eigenvalue weighted by atomic mass is 19.3. The van der Waals surface area contributed by atoms with Crippen molar-refractivity contribution in [2.75, 3.05) is 12.2 Å². The molecule has 7 heteroatoms. The number of halogens is 2. The summed E-state index contributed by atoms with van der Waals surface area (Å²) in [4.78, 5) is 11.5. The third-order valence-electron chi connectivity index (χ3n) is 3.96. The normalized spacial score (nSPS) is 10.7. The Morgan fingerprint density at radius 2 is 1.96 bits per heavy atom. The first-order chi connectivity index (χ1) is 12.4. The van der Waals surface area contributed by atoms with Gasteiger partial charge in [-0.3, -0.25) is 5.21 Å². The van der Waals surface area contributed by atoms with Crippen LogP contribution in [0.2, 0.25) is 0 Å². The minimum atomic E-state index is -2.68. The summed E-state index contributed by atoms with van der Waals surface area (Å²) < 4.78 is 36.2. The highest BCUT2D eigenvalue weighted by Gasteiger charge is 2.20. The number of methoxy groups -OCH3 is 1. The second kappa shape index (κ2) is 8.62. The lowest BCUT2D eigenvalue weighted by molar-refractivity contribution is 0.140. The van der Waals surface area contributed by atoms with E-state index in [4.69, 9.17) is 4.74 Å². The van der Waals surface area contributed by atoms with Gasteiger partial charge in [0.05, 0.1) is 12.8 Å². The molecule has 0 spiro atoms.